The van der Waals surface area contributed by atoms with Crippen LogP contribution in [0.15, 0.2) is 43.1 Å². The van der Waals surface area contributed by atoms with Gasteiger partial charge in [0.15, 0.2) is 0 Å². The highest BCUT2D eigenvalue weighted by atomic mass is 32.1. The molecular weight excluding hydrogens is 348 g/mol. The van der Waals surface area contributed by atoms with Crippen molar-refractivity contribution in [2.24, 2.45) is 5.92 Å². The standard InChI is InChI=1S/C18H20N6OS/c25-17(15-9-22-24(12-15)11-13-1-5-19-6-2-13)23-16-10-21-18(26-16)14-3-7-20-8-4-14/h3-4,7-10,12-13,19H,1-2,5-6,11H2,(H,23,25). The summed E-state index contributed by atoms with van der Waals surface area (Å²) in [5.74, 6) is 0.461. The second kappa shape index (κ2) is 7.76. The first kappa shape index (κ1) is 16.9. The number of aromatic nitrogens is 4. The molecule has 0 aliphatic carbocycles. The molecule has 3 aromatic heterocycles. The third-order valence-corrected chi connectivity index (χ3v) is 5.43. The Morgan fingerprint density at radius 2 is 2.08 bits per heavy atom. The lowest BCUT2D eigenvalue weighted by atomic mass is 9.98. The van der Waals surface area contributed by atoms with Crippen molar-refractivity contribution in [1.82, 2.24) is 25.1 Å². The molecule has 1 amide bonds. The molecular formula is C18H20N6OS. The molecule has 4 rings (SSSR count). The van der Waals surface area contributed by atoms with Gasteiger partial charge in [0.1, 0.15) is 10.0 Å². The Morgan fingerprint density at radius 1 is 1.27 bits per heavy atom. The van der Waals surface area contributed by atoms with Gasteiger partial charge in [-0.15, -0.1) is 0 Å². The van der Waals surface area contributed by atoms with Crippen molar-refractivity contribution in [3.8, 4) is 10.6 Å². The fraction of sp³-hybridized carbons (Fsp3) is 0.333. The van der Waals surface area contributed by atoms with Crippen molar-refractivity contribution in [2.75, 3.05) is 18.4 Å². The summed E-state index contributed by atoms with van der Waals surface area (Å²) >= 11 is 1.44. The maximum Gasteiger partial charge on any atom is 0.259 e. The molecule has 1 aliphatic rings. The summed E-state index contributed by atoms with van der Waals surface area (Å²) in [4.78, 5) is 20.8. The Hall–Kier alpha value is -2.58. The zero-order valence-corrected chi connectivity index (χ0v) is 15.1. The topological polar surface area (TPSA) is 84.7 Å². The molecule has 0 bridgehead atoms. The van der Waals surface area contributed by atoms with Crippen molar-refractivity contribution in [1.29, 1.82) is 0 Å². The Morgan fingerprint density at radius 3 is 2.88 bits per heavy atom. The van der Waals surface area contributed by atoms with Gasteiger partial charge in [0.2, 0.25) is 0 Å². The minimum absolute atomic E-state index is 0.161. The van der Waals surface area contributed by atoms with Crippen molar-refractivity contribution < 1.29 is 4.79 Å². The fourth-order valence-corrected chi connectivity index (χ4v) is 3.87. The van der Waals surface area contributed by atoms with Crippen molar-refractivity contribution in [2.45, 2.75) is 19.4 Å². The second-order valence-corrected chi connectivity index (χ2v) is 7.39. The summed E-state index contributed by atoms with van der Waals surface area (Å²) < 4.78 is 1.87. The van der Waals surface area contributed by atoms with E-state index in [1.54, 1.807) is 24.8 Å². The number of hydrogen-bond donors (Lipinski definition) is 2. The SMILES string of the molecule is O=C(Nc1cnc(-c2ccncc2)s1)c1cnn(CC2CCNCC2)c1. The number of amides is 1. The first-order chi connectivity index (χ1) is 12.8. The van der Waals surface area contributed by atoms with Crippen LogP contribution in [0.4, 0.5) is 5.00 Å². The van der Waals surface area contributed by atoms with E-state index in [1.165, 1.54) is 11.3 Å². The summed E-state index contributed by atoms with van der Waals surface area (Å²) in [5.41, 5.74) is 1.55. The monoisotopic (exact) mass is 368 g/mol. The first-order valence-corrected chi connectivity index (χ1v) is 9.50. The van der Waals surface area contributed by atoms with Crippen molar-refractivity contribution in [3.05, 3.63) is 48.7 Å². The van der Waals surface area contributed by atoms with Gasteiger partial charge in [-0.05, 0) is 44.0 Å². The largest absolute Gasteiger partial charge is 0.317 e. The average molecular weight is 368 g/mol. The smallest absolute Gasteiger partial charge is 0.259 e. The maximum atomic E-state index is 12.5. The van der Waals surface area contributed by atoms with Crippen molar-refractivity contribution in [3.63, 3.8) is 0 Å². The number of piperidine rings is 1. The Balaban J connectivity index is 1.38. The summed E-state index contributed by atoms with van der Waals surface area (Å²) in [7, 11) is 0. The zero-order valence-electron chi connectivity index (χ0n) is 14.3. The number of pyridine rings is 1. The number of anilines is 1. The minimum atomic E-state index is -0.161. The average Bonchev–Trinajstić information content (AvgIpc) is 3.33. The van der Waals surface area contributed by atoms with Crippen LogP contribution in [0, 0.1) is 5.92 Å². The number of rotatable bonds is 5. The van der Waals surface area contributed by atoms with Gasteiger partial charge in [0.25, 0.3) is 5.91 Å². The number of nitrogens with one attached hydrogen (secondary N) is 2. The molecule has 2 N–H and O–H groups in total. The van der Waals surface area contributed by atoms with Gasteiger partial charge in [-0.1, -0.05) is 11.3 Å². The molecule has 1 aliphatic heterocycles. The predicted octanol–water partition coefficient (Wildman–Crippen LogP) is 2.65. The van der Waals surface area contributed by atoms with Crippen LogP contribution in [-0.4, -0.2) is 38.7 Å². The quantitative estimate of drug-likeness (QED) is 0.723. The van der Waals surface area contributed by atoms with E-state index >= 15 is 0 Å². The number of carbonyl (C=O) groups is 1. The van der Waals surface area contributed by atoms with E-state index in [1.807, 2.05) is 23.0 Å². The molecule has 0 saturated carbocycles. The van der Waals surface area contributed by atoms with Crippen LogP contribution < -0.4 is 10.6 Å². The molecule has 134 valence electrons. The van der Waals surface area contributed by atoms with Gasteiger partial charge in [0.05, 0.1) is 18.0 Å². The van der Waals surface area contributed by atoms with Crippen LogP contribution in [0.1, 0.15) is 23.2 Å². The molecule has 4 heterocycles. The van der Waals surface area contributed by atoms with Gasteiger partial charge < -0.3 is 10.6 Å². The molecule has 3 aromatic rings. The summed E-state index contributed by atoms with van der Waals surface area (Å²) in [6.45, 7) is 2.98. The summed E-state index contributed by atoms with van der Waals surface area (Å²) in [6.07, 6.45) is 10.9. The highest BCUT2D eigenvalue weighted by Crippen LogP contribution is 2.28. The van der Waals surface area contributed by atoms with E-state index in [2.05, 4.69) is 25.7 Å². The molecule has 8 heteroatoms. The van der Waals surface area contributed by atoms with Crippen LogP contribution in [0.3, 0.4) is 0 Å². The van der Waals surface area contributed by atoms with Gasteiger partial charge in [0, 0.05) is 30.7 Å². The molecule has 0 atom stereocenters. The van der Waals surface area contributed by atoms with Crippen LogP contribution in [0.2, 0.25) is 0 Å². The number of thiazole rings is 1. The van der Waals surface area contributed by atoms with Crippen LogP contribution in [-0.2, 0) is 6.54 Å². The van der Waals surface area contributed by atoms with Crippen LogP contribution in [0.25, 0.3) is 10.6 Å². The lowest BCUT2D eigenvalue weighted by Crippen LogP contribution is -2.30. The highest BCUT2D eigenvalue weighted by molar-refractivity contribution is 7.19. The molecule has 26 heavy (non-hydrogen) atoms. The van der Waals surface area contributed by atoms with Crippen LogP contribution in [0.5, 0.6) is 0 Å². The lowest BCUT2D eigenvalue weighted by molar-refractivity contribution is 0.102. The molecule has 0 unspecified atom stereocenters. The fourth-order valence-electron chi connectivity index (χ4n) is 3.05. The predicted molar refractivity (Wildman–Crippen MR) is 101 cm³/mol. The van der Waals surface area contributed by atoms with E-state index in [9.17, 15) is 4.79 Å². The Labute approximate surface area is 155 Å². The van der Waals surface area contributed by atoms with Gasteiger partial charge in [-0.3, -0.25) is 14.5 Å². The van der Waals surface area contributed by atoms with E-state index in [4.69, 9.17) is 0 Å². The van der Waals surface area contributed by atoms with Gasteiger partial charge in [-0.25, -0.2) is 4.98 Å². The number of nitrogens with zero attached hydrogens (tertiary/aromatic N) is 4. The van der Waals surface area contributed by atoms with Crippen LogP contribution >= 0.6 is 11.3 Å². The van der Waals surface area contributed by atoms with Gasteiger partial charge >= 0.3 is 0 Å². The summed E-state index contributed by atoms with van der Waals surface area (Å²) in [5, 5.41) is 12.2. The third kappa shape index (κ3) is 3.97. The Bertz CT molecular complexity index is 869. The first-order valence-electron chi connectivity index (χ1n) is 8.69. The maximum absolute atomic E-state index is 12.5. The molecule has 0 spiro atoms. The summed E-state index contributed by atoms with van der Waals surface area (Å²) in [6, 6.07) is 3.80. The molecule has 0 aromatic carbocycles. The number of hydrogen-bond acceptors (Lipinski definition) is 6. The lowest BCUT2D eigenvalue weighted by Gasteiger charge is -2.22. The van der Waals surface area contributed by atoms with Gasteiger partial charge in [-0.2, -0.15) is 5.10 Å². The van der Waals surface area contributed by atoms with E-state index < -0.39 is 0 Å². The minimum Gasteiger partial charge on any atom is -0.317 e. The zero-order chi connectivity index (χ0) is 17.8. The Kier molecular flexibility index (Phi) is 5.03. The second-order valence-electron chi connectivity index (χ2n) is 6.36. The molecule has 1 saturated heterocycles. The van der Waals surface area contributed by atoms with E-state index in [-0.39, 0.29) is 5.91 Å². The normalized spacial score (nSPS) is 15.1. The van der Waals surface area contributed by atoms with E-state index in [0.29, 0.717) is 16.5 Å². The number of carbonyl (C=O) groups excluding carboxylic acids is 1. The highest BCUT2D eigenvalue weighted by Gasteiger charge is 2.16. The third-order valence-electron chi connectivity index (χ3n) is 4.47. The van der Waals surface area contributed by atoms with Crippen molar-refractivity contribution >= 4 is 22.2 Å². The molecule has 0 radical (unpaired) electrons. The molecule has 7 nitrogen and oxygen atoms in total. The van der Waals surface area contributed by atoms with E-state index in [0.717, 1.165) is 43.0 Å². The molecule has 1 fully saturated rings.